The molecule has 2 heterocycles. The monoisotopic (exact) mass is 288 g/mol. The molecule has 2 rings (SSSR count). The highest BCUT2D eigenvalue weighted by Crippen LogP contribution is 2.42. The molecule has 2 aromatic rings. The number of halogens is 1. The Morgan fingerprint density at radius 1 is 1.21 bits per heavy atom. The van der Waals surface area contributed by atoms with E-state index in [1.807, 2.05) is 6.92 Å². The van der Waals surface area contributed by atoms with Crippen molar-refractivity contribution in [2.75, 3.05) is 0 Å². The number of aryl methyl sites for hydroxylation is 2. The summed E-state index contributed by atoms with van der Waals surface area (Å²) in [5.41, 5.74) is 2.39. The SMILES string of the molecule is CC(=O)c1sc2sc(Br)c(C)c2c1C. The van der Waals surface area contributed by atoms with Crippen molar-refractivity contribution in [3.8, 4) is 0 Å². The Labute approximate surface area is 98.9 Å². The maximum Gasteiger partial charge on any atom is 0.170 e. The minimum absolute atomic E-state index is 0.173. The van der Waals surface area contributed by atoms with Gasteiger partial charge in [-0.05, 0) is 47.8 Å². The lowest BCUT2D eigenvalue weighted by Crippen LogP contribution is -1.89. The number of thiophene rings is 2. The zero-order chi connectivity index (χ0) is 10.5. The third-order valence-electron chi connectivity index (χ3n) is 2.29. The van der Waals surface area contributed by atoms with Crippen LogP contribution in [0.25, 0.3) is 9.40 Å². The quantitative estimate of drug-likeness (QED) is 0.704. The van der Waals surface area contributed by atoms with Crippen LogP contribution in [0.2, 0.25) is 0 Å². The molecule has 0 saturated heterocycles. The van der Waals surface area contributed by atoms with E-state index in [2.05, 4.69) is 22.9 Å². The molecule has 0 aliphatic rings. The van der Waals surface area contributed by atoms with Crippen molar-refractivity contribution in [1.82, 2.24) is 0 Å². The number of rotatable bonds is 1. The summed E-state index contributed by atoms with van der Waals surface area (Å²) in [7, 11) is 0. The molecule has 0 aromatic carbocycles. The first-order valence-corrected chi connectivity index (χ1v) is 6.64. The molecule has 0 N–H and O–H groups in total. The fraction of sp³-hybridized carbons (Fsp3) is 0.300. The molecule has 0 unspecified atom stereocenters. The van der Waals surface area contributed by atoms with Crippen molar-refractivity contribution in [3.63, 3.8) is 0 Å². The van der Waals surface area contributed by atoms with Crippen molar-refractivity contribution in [1.29, 1.82) is 0 Å². The number of fused-ring (bicyclic) bond motifs is 1. The summed E-state index contributed by atoms with van der Waals surface area (Å²) in [6.45, 7) is 5.75. The summed E-state index contributed by atoms with van der Waals surface area (Å²) < 4.78 is 2.43. The van der Waals surface area contributed by atoms with Crippen molar-refractivity contribution in [2.24, 2.45) is 0 Å². The summed E-state index contributed by atoms with van der Waals surface area (Å²) in [6.07, 6.45) is 0. The van der Waals surface area contributed by atoms with Gasteiger partial charge in [-0.1, -0.05) is 0 Å². The highest BCUT2D eigenvalue weighted by atomic mass is 79.9. The third kappa shape index (κ3) is 1.36. The van der Waals surface area contributed by atoms with E-state index in [0.717, 1.165) is 10.4 Å². The van der Waals surface area contributed by atoms with Crippen LogP contribution in [0, 0.1) is 13.8 Å². The molecule has 0 atom stereocenters. The Hall–Kier alpha value is -0.190. The maximum absolute atomic E-state index is 11.3. The van der Waals surface area contributed by atoms with Crippen molar-refractivity contribution in [2.45, 2.75) is 20.8 Å². The normalized spacial score (nSPS) is 11.1. The fourth-order valence-corrected chi connectivity index (χ4v) is 5.08. The van der Waals surface area contributed by atoms with Crippen LogP contribution in [0.3, 0.4) is 0 Å². The highest BCUT2D eigenvalue weighted by Gasteiger charge is 2.17. The molecule has 14 heavy (non-hydrogen) atoms. The molecule has 0 aliphatic heterocycles. The molecule has 1 nitrogen and oxygen atoms in total. The van der Waals surface area contributed by atoms with Gasteiger partial charge in [0.25, 0.3) is 0 Å². The minimum atomic E-state index is 0.173. The Morgan fingerprint density at radius 3 is 2.36 bits per heavy atom. The van der Waals surface area contributed by atoms with Gasteiger partial charge in [0.1, 0.15) is 0 Å². The molecular weight excluding hydrogens is 280 g/mol. The number of hydrogen-bond acceptors (Lipinski definition) is 3. The van der Waals surface area contributed by atoms with Crippen LogP contribution >= 0.6 is 38.6 Å². The van der Waals surface area contributed by atoms with E-state index in [4.69, 9.17) is 0 Å². The zero-order valence-corrected chi connectivity index (χ0v) is 11.3. The molecule has 0 fully saturated rings. The summed E-state index contributed by atoms with van der Waals surface area (Å²) >= 11 is 6.84. The van der Waals surface area contributed by atoms with E-state index >= 15 is 0 Å². The Balaban J connectivity index is 2.84. The fourth-order valence-electron chi connectivity index (χ4n) is 1.59. The number of carbonyl (C=O) groups is 1. The average molecular weight is 289 g/mol. The van der Waals surface area contributed by atoms with Gasteiger partial charge in [-0.2, -0.15) is 0 Å². The summed E-state index contributed by atoms with van der Waals surface area (Å²) in [4.78, 5) is 12.2. The van der Waals surface area contributed by atoms with Gasteiger partial charge < -0.3 is 0 Å². The molecule has 4 heteroatoms. The van der Waals surface area contributed by atoms with Gasteiger partial charge in [-0.25, -0.2) is 0 Å². The molecule has 0 amide bonds. The molecule has 0 saturated carbocycles. The van der Waals surface area contributed by atoms with Crippen LogP contribution in [-0.4, -0.2) is 5.78 Å². The van der Waals surface area contributed by atoms with Crippen molar-refractivity contribution in [3.05, 3.63) is 19.8 Å². The second kappa shape index (κ2) is 3.43. The first kappa shape index (κ1) is 10.3. The van der Waals surface area contributed by atoms with E-state index in [1.165, 1.54) is 18.7 Å². The number of hydrogen-bond donors (Lipinski definition) is 0. The van der Waals surface area contributed by atoms with Gasteiger partial charge in [0.15, 0.2) is 5.78 Å². The molecule has 0 bridgehead atoms. The number of ketones is 1. The van der Waals surface area contributed by atoms with Gasteiger partial charge in [-0.3, -0.25) is 4.79 Å². The van der Waals surface area contributed by atoms with Crippen LogP contribution < -0.4 is 0 Å². The summed E-state index contributed by atoms with van der Waals surface area (Å²) in [6, 6.07) is 0. The smallest absolute Gasteiger partial charge is 0.170 e. The molecule has 0 spiro atoms. The maximum atomic E-state index is 11.3. The second-order valence-corrected chi connectivity index (χ2v) is 6.89. The lowest BCUT2D eigenvalue weighted by atomic mass is 10.1. The number of Topliss-reactive ketones (excluding diaryl/α,β-unsaturated/α-hetero) is 1. The van der Waals surface area contributed by atoms with E-state index < -0.39 is 0 Å². The third-order valence-corrected chi connectivity index (χ3v) is 5.93. The Morgan fingerprint density at radius 2 is 1.86 bits per heavy atom. The van der Waals surface area contributed by atoms with E-state index in [-0.39, 0.29) is 5.78 Å². The lowest BCUT2D eigenvalue weighted by Gasteiger charge is -1.93. The van der Waals surface area contributed by atoms with Gasteiger partial charge in [0.05, 0.1) is 12.7 Å². The van der Waals surface area contributed by atoms with E-state index in [1.54, 1.807) is 29.6 Å². The molecule has 74 valence electrons. The Kier molecular flexibility index (Phi) is 2.53. The molecule has 0 radical (unpaired) electrons. The predicted molar refractivity (Wildman–Crippen MR) is 66.9 cm³/mol. The summed E-state index contributed by atoms with van der Waals surface area (Å²) in [5, 5.41) is 1.26. The van der Waals surface area contributed by atoms with Gasteiger partial charge >= 0.3 is 0 Å². The van der Waals surface area contributed by atoms with Crippen molar-refractivity contribution >= 4 is 53.8 Å². The van der Waals surface area contributed by atoms with Gasteiger partial charge in [0, 0.05) is 5.39 Å². The van der Waals surface area contributed by atoms with Crippen LogP contribution in [0.15, 0.2) is 3.79 Å². The van der Waals surface area contributed by atoms with Crippen molar-refractivity contribution < 1.29 is 4.79 Å². The lowest BCUT2D eigenvalue weighted by molar-refractivity contribution is 0.102. The number of carbonyl (C=O) groups excluding carboxylic acids is 1. The summed E-state index contributed by atoms with van der Waals surface area (Å²) in [5.74, 6) is 0.173. The average Bonchev–Trinajstić information content (AvgIpc) is 2.54. The molecule has 2 aromatic heterocycles. The predicted octanol–water partition coefficient (Wildman–Crippen LogP) is 4.54. The van der Waals surface area contributed by atoms with E-state index in [0.29, 0.717) is 0 Å². The topological polar surface area (TPSA) is 17.1 Å². The largest absolute Gasteiger partial charge is 0.294 e. The standard InChI is InChI=1S/C10H9BrOS2/c1-4-7-5(2)9(11)14-10(7)13-8(4)6(3)12/h1-3H3. The van der Waals surface area contributed by atoms with Crippen LogP contribution in [0.1, 0.15) is 27.7 Å². The van der Waals surface area contributed by atoms with Crippen LogP contribution in [0.4, 0.5) is 0 Å². The van der Waals surface area contributed by atoms with Crippen LogP contribution in [0.5, 0.6) is 0 Å². The van der Waals surface area contributed by atoms with E-state index in [9.17, 15) is 4.79 Å². The van der Waals surface area contributed by atoms with Gasteiger partial charge in [0.2, 0.25) is 0 Å². The van der Waals surface area contributed by atoms with Crippen LogP contribution in [-0.2, 0) is 0 Å². The minimum Gasteiger partial charge on any atom is -0.294 e. The molecular formula is C10H9BrOS2. The molecule has 0 aliphatic carbocycles. The Bertz CT molecular complexity index is 522. The van der Waals surface area contributed by atoms with Gasteiger partial charge in [-0.15, -0.1) is 22.7 Å². The second-order valence-electron chi connectivity index (χ2n) is 3.28. The zero-order valence-electron chi connectivity index (χ0n) is 8.10. The first-order valence-electron chi connectivity index (χ1n) is 4.21. The first-order chi connectivity index (χ1) is 6.52. The highest BCUT2D eigenvalue weighted by molar-refractivity contribution is 9.11.